The molecule has 2 aromatic rings. The first-order valence-corrected chi connectivity index (χ1v) is 9.50. The number of hydrogen-bond acceptors (Lipinski definition) is 3. The smallest absolute Gasteiger partial charge is 0.241 e. The Labute approximate surface area is 171 Å². The molecule has 7 heteroatoms. The highest BCUT2D eigenvalue weighted by Gasteiger charge is 2.09. The summed E-state index contributed by atoms with van der Waals surface area (Å²) >= 11 is 5.90. The average Bonchev–Trinajstić information content (AvgIpc) is 2.69. The van der Waals surface area contributed by atoms with Crippen LogP contribution in [-0.4, -0.2) is 50.1 Å². The van der Waals surface area contributed by atoms with E-state index in [4.69, 9.17) is 16.3 Å². The highest BCUT2D eigenvalue weighted by molar-refractivity contribution is 6.30. The summed E-state index contributed by atoms with van der Waals surface area (Å²) in [5, 5.41) is 6.97. The Morgan fingerprint density at radius 2 is 1.79 bits per heavy atom. The second-order valence-corrected chi connectivity index (χ2v) is 6.99. The Hall–Kier alpha value is -2.73. The SMILES string of the molecule is CC(CNC(=NCc1ccccc1)NCC(=O)N(C)C)Oc1ccc(Cl)cc1. The van der Waals surface area contributed by atoms with E-state index in [2.05, 4.69) is 15.6 Å². The van der Waals surface area contributed by atoms with Gasteiger partial charge in [-0.2, -0.15) is 0 Å². The van der Waals surface area contributed by atoms with E-state index in [0.717, 1.165) is 11.3 Å². The molecule has 0 saturated carbocycles. The van der Waals surface area contributed by atoms with Crippen molar-refractivity contribution >= 4 is 23.5 Å². The molecule has 1 atom stereocenters. The Balaban J connectivity index is 1.93. The number of likely N-dealkylation sites (N-methyl/N-ethyl adjacent to an activating group) is 1. The maximum atomic E-state index is 11.9. The number of halogens is 1. The van der Waals surface area contributed by atoms with Crippen LogP contribution in [0.15, 0.2) is 59.6 Å². The Morgan fingerprint density at radius 3 is 2.43 bits per heavy atom. The minimum atomic E-state index is -0.102. The maximum Gasteiger partial charge on any atom is 0.241 e. The van der Waals surface area contributed by atoms with Crippen LogP contribution in [-0.2, 0) is 11.3 Å². The lowest BCUT2D eigenvalue weighted by molar-refractivity contribution is -0.127. The zero-order chi connectivity index (χ0) is 20.4. The van der Waals surface area contributed by atoms with Gasteiger partial charge in [0.15, 0.2) is 5.96 Å². The number of amides is 1. The van der Waals surface area contributed by atoms with E-state index < -0.39 is 0 Å². The molecular weight excluding hydrogens is 376 g/mol. The van der Waals surface area contributed by atoms with Crippen LogP contribution in [0.2, 0.25) is 5.02 Å². The fourth-order valence-corrected chi connectivity index (χ4v) is 2.40. The molecule has 6 nitrogen and oxygen atoms in total. The molecule has 0 aromatic heterocycles. The van der Waals surface area contributed by atoms with Crippen LogP contribution >= 0.6 is 11.6 Å². The predicted octanol–water partition coefficient (Wildman–Crippen LogP) is 2.93. The molecule has 2 rings (SSSR count). The van der Waals surface area contributed by atoms with Crippen LogP contribution in [0, 0.1) is 0 Å². The van der Waals surface area contributed by atoms with Gasteiger partial charge in [-0.15, -0.1) is 0 Å². The highest BCUT2D eigenvalue weighted by atomic mass is 35.5. The summed E-state index contributed by atoms with van der Waals surface area (Å²) in [5.74, 6) is 1.28. The molecule has 0 aliphatic carbocycles. The van der Waals surface area contributed by atoms with Gasteiger partial charge in [0.1, 0.15) is 11.9 Å². The van der Waals surface area contributed by atoms with Crippen molar-refractivity contribution in [1.29, 1.82) is 0 Å². The minimum absolute atomic E-state index is 0.0281. The highest BCUT2D eigenvalue weighted by Crippen LogP contribution is 2.16. The summed E-state index contributed by atoms with van der Waals surface area (Å²) in [7, 11) is 3.44. The largest absolute Gasteiger partial charge is 0.489 e. The summed E-state index contributed by atoms with van der Waals surface area (Å²) in [6.45, 7) is 3.17. The van der Waals surface area contributed by atoms with Crippen molar-refractivity contribution in [2.75, 3.05) is 27.2 Å². The molecule has 0 bridgehead atoms. The molecule has 150 valence electrons. The second-order valence-electron chi connectivity index (χ2n) is 6.56. The van der Waals surface area contributed by atoms with Gasteiger partial charge in [-0.3, -0.25) is 4.79 Å². The third-order valence-electron chi connectivity index (χ3n) is 3.88. The molecule has 1 amide bonds. The quantitative estimate of drug-likeness (QED) is 0.526. The van der Waals surface area contributed by atoms with E-state index >= 15 is 0 Å². The molecule has 0 fully saturated rings. The lowest BCUT2D eigenvalue weighted by atomic mass is 10.2. The normalized spacial score (nSPS) is 12.2. The Kier molecular flexibility index (Phi) is 8.62. The van der Waals surface area contributed by atoms with Crippen molar-refractivity contribution in [3.05, 3.63) is 65.2 Å². The monoisotopic (exact) mass is 402 g/mol. The maximum absolute atomic E-state index is 11.9. The molecule has 1 unspecified atom stereocenters. The number of guanidine groups is 1. The average molecular weight is 403 g/mol. The van der Waals surface area contributed by atoms with E-state index in [1.165, 1.54) is 4.90 Å². The van der Waals surface area contributed by atoms with Crippen molar-refractivity contribution in [2.24, 2.45) is 4.99 Å². The predicted molar refractivity (Wildman–Crippen MR) is 114 cm³/mol. The van der Waals surface area contributed by atoms with Gasteiger partial charge in [0.2, 0.25) is 5.91 Å². The first-order chi connectivity index (χ1) is 13.4. The summed E-state index contributed by atoms with van der Waals surface area (Å²) in [6, 6.07) is 17.2. The standard InChI is InChI=1S/C21H27ClN4O2/c1-16(28-19-11-9-18(22)10-12-19)13-23-21(25-15-20(27)26(2)3)24-14-17-7-5-4-6-8-17/h4-12,16H,13-15H2,1-3H3,(H2,23,24,25). The Morgan fingerprint density at radius 1 is 1.11 bits per heavy atom. The van der Waals surface area contributed by atoms with Gasteiger partial charge in [-0.1, -0.05) is 41.9 Å². The van der Waals surface area contributed by atoms with Crippen LogP contribution in [0.3, 0.4) is 0 Å². The van der Waals surface area contributed by atoms with E-state index in [-0.39, 0.29) is 18.6 Å². The van der Waals surface area contributed by atoms with E-state index in [1.54, 1.807) is 26.2 Å². The lowest BCUT2D eigenvalue weighted by Gasteiger charge is -2.19. The lowest BCUT2D eigenvalue weighted by Crippen LogP contribution is -2.45. The van der Waals surface area contributed by atoms with Gasteiger partial charge in [-0.25, -0.2) is 4.99 Å². The molecule has 0 saturated heterocycles. The molecule has 28 heavy (non-hydrogen) atoms. The van der Waals surface area contributed by atoms with Crippen LogP contribution in [0.5, 0.6) is 5.75 Å². The topological polar surface area (TPSA) is 66.0 Å². The number of carbonyl (C=O) groups excluding carboxylic acids is 1. The van der Waals surface area contributed by atoms with Gasteiger partial charge < -0.3 is 20.3 Å². The summed E-state index contributed by atoms with van der Waals surface area (Å²) in [6.07, 6.45) is -0.102. The molecule has 0 heterocycles. The molecule has 2 N–H and O–H groups in total. The number of rotatable bonds is 8. The Bertz CT molecular complexity index is 764. The first-order valence-electron chi connectivity index (χ1n) is 9.12. The van der Waals surface area contributed by atoms with Crippen LogP contribution in [0.1, 0.15) is 12.5 Å². The molecule has 0 aliphatic heterocycles. The first kappa shape index (κ1) is 21.6. The minimum Gasteiger partial charge on any atom is -0.489 e. The molecule has 0 aliphatic rings. The fraction of sp³-hybridized carbons (Fsp3) is 0.333. The van der Waals surface area contributed by atoms with Crippen molar-refractivity contribution in [3.63, 3.8) is 0 Å². The number of benzene rings is 2. The van der Waals surface area contributed by atoms with Crippen LogP contribution in [0.25, 0.3) is 0 Å². The van der Waals surface area contributed by atoms with E-state index in [1.807, 2.05) is 49.4 Å². The van der Waals surface area contributed by atoms with Crippen molar-refractivity contribution in [2.45, 2.75) is 19.6 Å². The van der Waals surface area contributed by atoms with Gasteiger partial charge in [0.25, 0.3) is 0 Å². The number of ether oxygens (including phenoxy) is 1. The van der Waals surface area contributed by atoms with Crippen molar-refractivity contribution in [1.82, 2.24) is 15.5 Å². The van der Waals surface area contributed by atoms with E-state index in [0.29, 0.717) is 24.1 Å². The summed E-state index contributed by atoms with van der Waals surface area (Å²) < 4.78 is 5.87. The molecule has 0 spiro atoms. The van der Waals surface area contributed by atoms with Crippen molar-refractivity contribution in [3.8, 4) is 5.75 Å². The van der Waals surface area contributed by atoms with Crippen LogP contribution < -0.4 is 15.4 Å². The fourth-order valence-electron chi connectivity index (χ4n) is 2.27. The molecular formula is C21H27ClN4O2. The van der Waals surface area contributed by atoms with Gasteiger partial charge >= 0.3 is 0 Å². The number of aliphatic imine (C=N–C) groups is 1. The molecule has 2 aromatic carbocycles. The third kappa shape index (κ3) is 7.88. The number of nitrogens with one attached hydrogen (secondary N) is 2. The third-order valence-corrected chi connectivity index (χ3v) is 4.13. The zero-order valence-corrected chi connectivity index (χ0v) is 17.2. The second kappa shape index (κ2) is 11.2. The summed E-state index contributed by atoms with van der Waals surface area (Å²) in [5.41, 5.74) is 1.09. The summed E-state index contributed by atoms with van der Waals surface area (Å²) in [4.78, 5) is 18.0. The van der Waals surface area contributed by atoms with Gasteiger partial charge in [0.05, 0.1) is 19.6 Å². The van der Waals surface area contributed by atoms with Crippen molar-refractivity contribution < 1.29 is 9.53 Å². The number of hydrogen-bond donors (Lipinski definition) is 2. The zero-order valence-electron chi connectivity index (χ0n) is 16.5. The van der Waals surface area contributed by atoms with E-state index in [9.17, 15) is 4.79 Å². The van der Waals surface area contributed by atoms with Crippen LogP contribution in [0.4, 0.5) is 0 Å². The van der Waals surface area contributed by atoms with Gasteiger partial charge in [0, 0.05) is 19.1 Å². The number of carbonyl (C=O) groups is 1. The molecule has 0 radical (unpaired) electrons. The number of nitrogens with zero attached hydrogens (tertiary/aromatic N) is 2. The van der Waals surface area contributed by atoms with Gasteiger partial charge in [-0.05, 0) is 36.8 Å².